The number of rotatable bonds is 8. The Labute approximate surface area is 149 Å². The monoisotopic (exact) mass is 354 g/mol. The van der Waals surface area contributed by atoms with Crippen molar-refractivity contribution in [2.75, 3.05) is 31.6 Å². The van der Waals surface area contributed by atoms with Crippen LogP contribution in [-0.2, 0) is 9.53 Å². The molecule has 1 unspecified atom stereocenters. The first-order valence-electron chi connectivity index (χ1n) is 8.65. The molecule has 24 heavy (non-hydrogen) atoms. The third-order valence-electron chi connectivity index (χ3n) is 4.28. The summed E-state index contributed by atoms with van der Waals surface area (Å²) in [5, 5.41) is 6.12. The molecule has 5 nitrogen and oxygen atoms in total. The summed E-state index contributed by atoms with van der Waals surface area (Å²) >= 11 is 0. The van der Waals surface area contributed by atoms with Crippen LogP contribution in [0.3, 0.4) is 0 Å². The number of anilines is 1. The zero-order valence-electron chi connectivity index (χ0n) is 14.0. The number of amides is 1. The van der Waals surface area contributed by atoms with E-state index in [4.69, 9.17) is 9.47 Å². The molecule has 0 spiro atoms. The van der Waals surface area contributed by atoms with Crippen LogP contribution in [0.5, 0.6) is 5.75 Å². The highest BCUT2D eigenvalue weighted by molar-refractivity contribution is 5.93. The molecule has 2 fully saturated rings. The topological polar surface area (TPSA) is 59.6 Å². The van der Waals surface area contributed by atoms with Crippen molar-refractivity contribution < 1.29 is 14.3 Å². The van der Waals surface area contributed by atoms with E-state index >= 15 is 0 Å². The van der Waals surface area contributed by atoms with Gasteiger partial charge >= 0.3 is 0 Å². The van der Waals surface area contributed by atoms with E-state index in [0.29, 0.717) is 18.9 Å². The van der Waals surface area contributed by atoms with E-state index in [-0.39, 0.29) is 24.4 Å². The zero-order valence-corrected chi connectivity index (χ0v) is 14.8. The lowest BCUT2D eigenvalue weighted by molar-refractivity contribution is -0.115. The van der Waals surface area contributed by atoms with Crippen LogP contribution in [0.4, 0.5) is 5.69 Å². The molecule has 134 valence electrons. The Morgan fingerprint density at radius 1 is 1.21 bits per heavy atom. The molecular formula is C18H27ClN2O3. The van der Waals surface area contributed by atoms with Gasteiger partial charge in [-0.2, -0.15) is 0 Å². The van der Waals surface area contributed by atoms with E-state index in [9.17, 15) is 4.79 Å². The summed E-state index contributed by atoms with van der Waals surface area (Å²) in [6.07, 6.45) is 6.10. The van der Waals surface area contributed by atoms with Gasteiger partial charge in [0, 0.05) is 6.61 Å². The Hall–Kier alpha value is -1.30. The summed E-state index contributed by atoms with van der Waals surface area (Å²) in [4.78, 5) is 12.0. The molecule has 2 aliphatic rings. The molecule has 1 heterocycles. The second kappa shape index (κ2) is 9.87. The van der Waals surface area contributed by atoms with E-state index in [1.54, 1.807) is 0 Å². The van der Waals surface area contributed by atoms with Gasteiger partial charge in [0.2, 0.25) is 5.91 Å². The summed E-state index contributed by atoms with van der Waals surface area (Å²) in [6.45, 7) is 2.63. The predicted molar refractivity (Wildman–Crippen MR) is 97.0 cm³/mol. The second-order valence-electron chi connectivity index (χ2n) is 6.42. The van der Waals surface area contributed by atoms with Gasteiger partial charge in [-0.05, 0) is 56.7 Å². The predicted octanol–water partition coefficient (Wildman–Crippen LogP) is 2.99. The van der Waals surface area contributed by atoms with Crippen molar-refractivity contribution in [2.45, 2.75) is 38.2 Å². The van der Waals surface area contributed by atoms with E-state index in [1.807, 2.05) is 24.3 Å². The minimum Gasteiger partial charge on any atom is -0.489 e. The fourth-order valence-electron chi connectivity index (χ4n) is 2.72. The first kappa shape index (κ1) is 19.0. The summed E-state index contributed by atoms with van der Waals surface area (Å²) in [7, 11) is 0. The number of para-hydroxylation sites is 2. The van der Waals surface area contributed by atoms with Crippen molar-refractivity contribution in [1.29, 1.82) is 0 Å². The van der Waals surface area contributed by atoms with E-state index in [0.717, 1.165) is 37.6 Å². The molecule has 2 N–H and O–H groups in total. The smallest absolute Gasteiger partial charge is 0.238 e. The van der Waals surface area contributed by atoms with Crippen LogP contribution in [0.25, 0.3) is 0 Å². The number of benzene rings is 1. The average Bonchev–Trinajstić information content (AvgIpc) is 3.39. The quantitative estimate of drug-likeness (QED) is 0.753. The lowest BCUT2D eigenvalue weighted by Gasteiger charge is -2.23. The highest BCUT2D eigenvalue weighted by Crippen LogP contribution is 2.27. The van der Waals surface area contributed by atoms with Gasteiger partial charge in [0.1, 0.15) is 12.4 Å². The van der Waals surface area contributed by atoms with Gasteiger partial charge in [-0.15, -0.1) is 12.4 Å². The fourth-order valence-corrected chi connectivity index (χ4v) is 2.72. The Morgan fingerprint density at radius 2 is 2.04 bits per heavy atom. The molecule has 1 aliphatic heterocycles. The van der Waals surface area contributed by atoms with E-state index < -0.39 is 0 Å². The van der Waals surface area contributed by atoms with Crippen molar-refractivity contribution in [3.8, 4) is 5.75 Å². The van der Waals surface area contributed by atoms with Crippen LogP contribution in [0.15, 0.2) is 24.3 Å². The van der Waals surface area contributed by atoms with Crippen LogP contribution in [0, 0.1) is 5.92 Å². The molecule has 0 bridgehead atoms. The molecule has 1 aromatic carbocycles. The number of hydrogen-bond donors (Lipinski definition) is 2. The molecule has 0 radical (unpaired) electrons. The van der Waals surface area contributed by atoms with Gasteiger partial charge in [0.15, 0.2) is 0 Å². The highest BCUT2D eigenvalue weighted by atomic mass is 35.5. The Kier molecular flexibility index (Phi) is 7.82. The van der Waals surface area contributed by atoms with Gasteiger partial charge in [-0.1, -0.05) is 12.1 Å². The van der Waals surface area contributed by atoms with Crippen LogP contribution in [-0.4, -0.2) is 38.3 Å². The standard InChI is InChI=1S/C18H26N2O3.ClH/c21-18(12-19-11-14-8-9-14)20-16-6-1-2-7-17(16)23-13-15-5-3-4-10-22-15;/h1-2,6-7,14-15,19H,3-5,8-13H2,(H,20,21);1H. The maximum absolute atomic E-state index is 12.0. The third kappa shape index (κ3) is 6.30. The van der Waals surface area contributed by atoms with Gasteiger partial charge in [0.25, 0.3) is 0 Å². The Bertz CT molecular complexity index is 517. The van der Waals surface area contributed by atoms with Gasteiger partial charge in [-0.25, -0.2) is 0 Å². The first-order valence-corrected chi connectivity index (χ1v) is 8.65. The van der Waals surface area contributed by atoms with E-state index in [1.165, 1.54) is 19.3 Å². The molecule has 1 aliphatic carbocycles. The Balaban J connectivity index is 0.00000208. The number of hydrogen-bond acceptors (Lipinski definition) is 4. The lowest BCUT2D eigenvalue weighted by atomic mass is 10.1. The molecule has 1 saturated heterocycles. The number of carbonyl (C=O) groups is 1. The number of halogens is 1. The molecule has 3 rings (SSSR count). The fraction of sp³-hybridized carbons (Fsp3) is 0.611. The normalized spacial score (nSPS) is 20.1. The maximum atomic E-state index is 12.0. The van der Waals surface area contributed by atoms with Gasteiger partial charge < -0.3 is 20.1 Å². The molecule has 1 aromatic rings. The van der Waals surface area contributed by atoms with Crippen molar-refractivity contribution in [3.05, 3.63) is 24.3 Å². The molecule has 1 saturated carbocycles. The second-order valence-corrected chi connectivity index (χ2v) is 6.42. The number of nitrogens with one attached hydrogen (secondary N) is 2. The van der Waals surface area contributed by atoms with Crippen molar-refractivity contribution >= 4 is 24.0 Å². The van der Waals surface area contributed by atoms with Crippen LogP contribution in [0.1, 0.15) is 32.1 Å². The molecule has 6 heteroatoms. The Morgan fingerprint density at radius 3 is 2.79 bits per heavy atom. The minimum atomic E-state index is -0.0318. The van der Waals surface area contributed by atoms with Crippen LogP contribution in [0.2, 0.25) is 0 Å². The van der Waals surface area contributed by atoms with Crippen molar-refractivity contribution in [3.63, 3.8) is 0 Å². The van der Waals surface area contributed by atoms with E-state index in [2.05, 4.69) is 10.6 Å². The lowest BCUT2D eigenvalue weighted by Crippen LogP contribution is -2.30. The first-order chi connectivity index (χ1) is 11.3. The molecule has 1 atom stereocenters. The van der Waals surface area contributed by atoms with Crippen LogP contribution < -0.4 is 15.4 Å². The number of carbonyl (C=O) groups excluding carboxylic acids is 1. The summed E-state index contributed by atoms with van der Waals surface area (Å²) in [5.74, 6) is 1.45. The molecule has 1 amide bonds. The molecular weight excluding hydrogens is 328 g/mol. The molecule has 0 aromatic heterocycles. The SMILES string of the molecule is Cl.O=C(CNCC1CC1)Nc1ccccc1OCC1CCCCO1. The van der Waals surface area contributed by atoms with Crippen molar-refractivity contribution in [1.82, 2.24) is 5.32 Å². The highest BCUT2D eigenvalue weighted by Gasteiger charge is 2.20. The summed E-state index contributed by atoms with van der Waals surface area (Å²) in [5.41, 5.74) is 0.724. The number of ether oxygens (including phenoxy) is 2. The van der Waals surface area contributed by atoms with Gasteiger partial charge in [-0.3, -0.25) is 4.79 Å². The average molecular weight is 355 g/mol. The largest absolute Gasteiger partial charge is 0.489 e. The maximum Gasteiger partial charge on any atom is 0.238 e. The third-order valence-corrected chi connectivity index (χ3v) is 4.28. The minimum absolute atomic E-state index is 0. The summed E-state index contributed by atoms with van der Waals surface area (Å²) < 4.78 is 11.5. The van der Waals surface area contributed by atoms with Gasteiger partial charge in [0.05, 0.1) is 18.3 Å². The van der Waals surface area contributed by atoms with Crippen molar-refractivity contribution in [2.24, 2.45) is 5.92 Å². The zero-order chi connectivity index (χ0) is 15.9. The summed E-state index contributed by atoms with van der Waals surface area (Å²) in [6, 6.07) is 7.57. The van der Waals surface area contributed by atoms with Crippen LogP contribution >= 0.6 is 12.4 Å².